The molecule has 0 N–H and O–H groups in total. The zero-order valence-corrected chi connectivity index (χ0v) is 13.9. The van der Waals surface area contributed by atoms with Crippen molar-refractivity contribution in [2.75, 3.05) is 13.2 Å². The maximum absolute atomic E-state index is 14.8. The number of hydrogen-bond acceptors (Lipinski definition) is 3. The third kappa shape index (κ3) is 3.69. The standard InChI is InChI=1S/C17H19F2O3P/c1-3-21-23(20,22-4-2)17(18,19)16-12-8-11-15(13-16)14-9-6-5-7-10-14/h5-13H,3-4H2,1-2H3. The average Bonchev–Trinajstić information content (AvgIpc) is 2.56. The van der Waals surface area contributed by atoms with Crippen molar-refractivity contribution in [2.45, 2.75) is 19.5 Å². The molecule has 0 fully saturated rings. The summed E-state index contributed by atoms with van der Waals surface area (Å²) in [4.78, 5) is 0. The average molecular weight is 340 g/mol. The highest BCUT2D eigenvalue weighted by molar-refractivity contribution is 7.54. The summed E-state index contributed by atoms with van der Waals surface area (Å²) in [6.07, 6.45) is 0. The topological polar surface area (TPSA) is 35.5 Å². The maximum atomic E-state index is 14.8. The number of hydrogen-bond donors (Lipinski definition) is 0. The van der Waals surface area contributed by atoms with Crippen molar-refractivity contribution in [2.24, 2.45) is 0 Å². The normalized spacial score (nSPS) is 12.3. The Balaban J connectivity index is 2.45. The van der Waals surface area contributed by atoms with Gasteiger partial charge in [-0.1, -0.05) is 48.5 Å². The molecule has 23 heavy (non-hydrogen) atoms. The second-order valence-corrected chi connectivity index (χ2v) is 6.89. The molecule has 0 heterocycles. The molecule has 0 spiro atoms. The van der Waals surface area contributed by atoms with E-state index in [-0.39, 0.29) is 18.8 Å². The van der Waals surface area contributed by atoms with E-state index in [1.165, 1.54) is 32.0 Å². The first-order valence-electron chi connectivity index (χ1n) is 7.37. The molecule has 124 valence electrons. The maximum Gasteiger partial charge on any atom is 0.404 e. The molecule has 0 atom stereocenters. The van der Waals surface area contributed by atoms with E-state index >= 15 is 0 Å². The van der Waals surface area contributed by atoms with Gasteiger partial charge in [0.25, 0.3) is 0 Å². The van der Waals surface area contributed by atoms with Crippen LogP contribution in [0.4, 0.5) is 8.78 Å². The lowest BCUT2D eigenvalue weighted by atomic mass is 10.0. The Morgan fingerprint density at radius 2 is 1.48 bits per heavy atom. The zero-order valence-electron chi connectivity index (χ0n) is 13.0. The summed E-state index contributed by atoms with van der Waals surface area (Å²) in [6.45, 7) is 2.76. The largest absolute Gasteiger partial charge is 0.404 e. The SMILES string of the molecule is CCOP(=O)(OCC)C(F)(F)c1cccc(-c2ccccc2)c1. The van der Waals surface area contributed by atoms with Crippen LogP contribution in [0.1, 0.15) is 19.4 Å². The van der Waals surface area contributed by atoms with E-state index in [1.807, 2.05) is 30.3 Å². The van der Waals surface area contributed by atoms with Crippen molar-refractivity contribution >= 4 is 7.60 Å². The molecule has 0 aliphatic rings. The minimum Gasteiger partial charge on any atom is -0.304 e. The van der Waals surface area contributed by atoms with Crippen LogP contribution >= 0.6 is 7.60 Å². The Labute approximate surface area is 134 Å². The summed E-state index contributed by atoms with van der Waals surface area (Å²) in [5.74, 6) is 0. The van der Waals surface area contributed by atoms with E-state index in [1.54, 1.807) is 6.07 Å². The van der Waals surface area contributed by atoms with E-state index in [2.05, 4.69) is 0 Å². The number of alkyl halides is 2. The van der Waals surface area contributed by atoms with E-state index < -0.39 is 13.3 Å². The predicted molar refractivity (Wildman–Crippen MR) is 86.6 cm³/mol. The molecule has 6 heteroatoms. The molecule has 0 amide bonds. The number of rotatable bonds is 7. The summed E-state index contributed by atoms with van der Waals surface area (Å²) in [5, 5.41) is 0. The van der Waals surface area contributed by atoms with E-state index in [0.29, 0.717) is 5.56 Å². The smallest absolute Gasteiger partial charge is 0.304 e. The zero-order chi connectivity index (χ0) is 16.9. The minimum atomic E-state index is -4.59. The second-order valence-electron chi connectivity index (χ2n) is 4.82. The number of benzene rings is 2. The van der Waals surface area contributed by atoms with E-state index in [0.717, 1.165) is 5.56 Å². The van der Waals surface area contributed by atoms with Gasteiger partial charge in [-0.05, 0) is 31.0 Å². The molecule has 0 unspecified atom stereocenters. The van der Waals surface area contributed by atoms with Gasteiger partial charge in [0.15, 0.2) is 0 Å². The van der Waals surface area contributed by atoms with Crippen molar-refractivity contribution in [3.05, 3.63) is 60.2 Å². The molecule has 0 aliphatic carbocycles. The van der Waals surface area contributed by atoms with E-state index in [9.17, 15) is 13.3 Å². The first-order chi connectivity index (χ1) is 10.9. The van der Waals surface area contributed by atoms with E-state index in [4.69, 9.17) is 9.05 Å². The Hall–Kier alpha value is -1.55. The molecule has 0 saturated heterocycles. The van der Waals surface area contributed by atoms with Crippen LogP contribution in [0.5, 0.6) is 0 Å². The quantitative estimate of drug-likeness (QED) is 0.609. The molecule has 3 nitrogen and oxygen atoms in total. The fraction of sp³-hybridized carbons (Fsp3) is 0.294. The van der Waals surface area contributed by atoms with Gasteiger partial charge in [0.2, 0.25) is 0 Å². The Kier molecular flexibility index (Phi) is 5.69. The highest BCUT2D eigenvalue weighted by Gasteiger charge is 2.54. The van der Waals surface area contributed by atoms with Gasteiger partial charge in [-0.2, -0.15) is 8.78 Å². The van der Waals surface area contributed by atoms with Crippen LogP contribution in [-0.2, 0) is 19.3 Å². The van der Waals surface area contributed by atoms with Gasteiger partial charge in [-0.3, -0.25) is 4.57 Å². The van der Waals surface area contributed by atoms with Crippen molar-refractivity contribution in [1.82, 2.24) is 0 Å². The van der Waals surface area contributed by atoms with Gasteiger partial charge in [0, 0.05) is 5.56 Å². The highest BCUT2D eigenvalue weighted by Crippen LogP contribution is 2.66. The van der Waals surface area contributed by atoms with Crippen LogP contribution in [0.2, 0.25) is 0 Å². The first kappa shape index (κ1) is 17.8. The Bertz CT molecular complexity index is 679. The minimum absolute atomic E-state index is 0.120. The molecule has 0 aromatic heterocycles. The third-order valence-corrected chi connectivity index (χ3v) is 5.40. The van der Waals surface area contributed by atoms with Crippen molar-refractivity contribution in [3.8, 4) is 11.1 Å². The van der Waals surface area contributed by atoms with Gasteiger partial charge < -0.3 is 9.05 Å². The van der Waals surface area contributed by atoms with Gasteiger partial charge in [0.05, 0.1) is 13.2 Å². The Morgan fingerprint density at radius 3 is 2.04 bits per heavy atom. The van der Waals surface area contributed by atoms with Gasteiger partial charge >= 0.3 is 13.3 Å². The predicted octanol–water partition coefficient (Wildman–Crippen LogP) is 5.67. The fourth-order valence-corrected chi connectivity index (χ4v) is 3.75. The van der Waals surface area contributed by atoms with Crippen molar-refractivity contribution < 1.29 is 22.4 Å². The summed E-state index contributed by atoms with van der Waals surface area (Å²) < 4.78 is 51.6. The summed E-state index contributed by atoms with van der Waals surface area (Å²) in [7, 11) is -4.59. The van der Waals surface area contributed by atoms with Crippen molar-refractivity contribution in [1.29, 1.82) is 0 Å². The van der Waals surface area contributed by atoms with Gasteiger partial charge in [0.1, 0.15) is 0 Å². The van der Waals surface area contributed by atoms with Gasteiger partial charge in [-0.15, -0.1) is 0 Å². The molecular weight excluding hydrogens is 321 g/mol. The van der Waals surface area contributed by atoms with Crippen LogP contribution < -0.4 is 0 Å². The molecule has 0 saturated carbocycles. The second kappa shape index (κ2) is 7.35. The first-order valence-corrected chi connectivity index (χ1v) is 8.92. The Morgan fingerprint density at radius 1 is 0.913 bits per heavy atom. The lowest BCUT2D eigenvalue weighted by Crippen LogP contribution is -2.18. The summed E-state index contributed by atoms with van der Waals surface area (Å²) in [5.41, 5.74) is -2.69. The molecule has 0 radical (unpaired) electrons. The third-order valence-electron chi connectivity index (χ3n) is 3.26. The molecule has 2 aromatic carbocycles. The lowest BCUT2D eigenvalue weighted by Gasteiger charge is -2.26. The molecule has 2 aromatic rings. The van der Waals surface area contributed by atoms with Gasteiger partial charge in [-0.25, -0.2) is 0 Å². The highest BCUT2D eigenvalue weighted by atomic mass is 31.2. The summed E-state index contributed by atoms with van der Waals surface area (Å²) in [6, 6.07) is 14.9. The molecular formula is C17H19F2O3P. The molecule has 0 aliphatic heterocycles. The van der Waals surface area contributed by atoms with Crippen LogP contribution in [0, 0.1) is 0 Å². The number of halogens is 2. The van der Waals surface area contributed by atoms with Crippen molar-refractivity contribution in [3.63, 3.8) is 0 Å². The molecule has 2 rings (SSSR count). The fourth-order valence-electron chi connectivity index (χ4n) is 2.21. The van der Waals surface area contributed by atoms with Crippen LogP contribution in [-0.4, -0.2) is 13.2 Å². The molecule has 0 bridgehead atoms. The summed E-state index contributed by atoms with van der Waals surface area (Å²) >= 11 is 0. The van der Waals surface area contributed by atoms with Crippen LogP contribution in [0.3, 0.4) is 0 Å². The monoisotopic (exact) mass is 340 g/mol. The van der Waals surface area contributed by atoms with Crippen LogP contribution in [0.15, 0.2) is 54.6 Å². The lowest BCUT2D eigenvalue weighted by molar-refractivity contribution is 0.0361. The van der Waals surface area contributed by atoms with Crippen LogP contribution in [0.25, 0.3) is 11.1 Å².